The molecular weight excluding hydrogens is 174 g/mol. The minimum Gasteiger partial charge on any atom is -0.381 e. The highest BCUT2D eigenvalue weighted by Crippen LogP contribution is 2.20. The quantitative estimate of drug-likeness (QED) is 0.730. The molecule has 0 aromatic carbocycles. The molecule has 0 saturated heterocycles. The first kappa shape index (κ1) is 10.0. The number of hydrogen-bond donors (Lipinski definition) is 1. The molecule has 1 aliphatic carbocycles. The zero-order valence-electron chi connectivity index (χ0n) is 7.42. The topological polar surface area (TPSA) is 21.3 Å². The first-order valence-corrected chi connectivity index (χ1v) is 4.82. The summed E-state index contributed by atoms with van der Waals surface area (Å²) in [5.41, 5.74) is 1.55. The van der Waals surface area contributed by atoms with Crippen LogP contribution >= 0.6 is 11.6 Å². The van der Waals surface area contributed by atoms with Crippen LogP contribution in [0.25, 0.3) is 0 Å². The Hall–Kier alpha value is -0.0500. The molecule has 1 aliphatic rings. The molecule has 0 aromatic rings. The van der Waals surface area contributed by atoms with Gasteiger partial charge in [-0.2, -0.15) is 0 Å². The summed E-state index contributed by atoms with van der Waals surface area (Å²) in [6.45, 7) is 0.866. The number of rotatable bonds is 4. The summed E-state index contributed by atoms with van der Waals surface area (Å²) >= 11 is 5.40. The molecule has 1 fully saturated rings. The average molecular weight is 190 g/mol. The van der Waals surface area contributed by atoms with Crippen LogP contribution in [-0.4, -0.2) is 25.8 Å². The van der Waals surface area contributed by atoms with Crippen molar-refractivity contribution in [1.29, 1.82) is 0 Å². The number of halogens is 1. The van der Waals surface area contributed by atoms with Crippen LogP contribution in [-0.2, 0) is 4.74 Å². The van der Waals surface area contributed by atoms with Crippen molar-refractivity contribution in [3.05, 3.63) is 11.6 Å². The highest BCUT2D eigenvalue weighted by molar-refractivity contribution is 6.25. The van der Waals surface area contributed by atoms with E-state index in [1.54, 1.807) is 12.6 Å². The Morgan fingerprint density at radius 1 is 1.58 bits per heavy atom. The minimum atomic E-state index is 0.461. The monoisotopic (exact) mass is 189 g/mol. The second kappa shape index (κ2) is 5.57. The Bertz CT molecular complexity index is 149. The molecule has 1 saturated carbocycles. The molecule has 0 aromatic heterocycles. The molecule has 70 valence electrons. The first-order valence-electron chi connectivity index (χ1n) is 4.38. The number of methoxy groups -OCH3 is 1. The molecule has 2 nitrogen and oxygen atoms in total. The Balaban J connectivity index is 2.10. The van der Waals surface area contributed by atoms with Gasteiger partial charge in [0.1, 0.15) is 0 Å². The summed E-state index contributed by atoms with van der Waals surface area (Å²) in [7, 11) is 1.78. The van der Waals surface area contributed by atoms with E-state index in [-0.39, 0.29) is 0 Å². The number of ether oxygens (including phenoxy) is 1. The minimum absolute atomic E-state index is 0.461. The molecule has 0 spiro atoms. The first-order chi connectivity index (χ1) is 5.86. The molecule has 0 radical (unpaired) electrons. The smallest absolute Gasteiger partial charge is 0.0586 e. The normalized spacial score (nSPS) is 30.2. The lowest BCUT2D eigenvalue weighted by Gasteiger charge is -2.10. The van der Waals surface area contributed by atoms with Gasteiger partial charge in [0.05, 0.1) is 6.10 Å². The SMILES string of the molecule is COC1CCC(NC/C=C/Cl)C1. The van der Waals surface area contributed by atoms with Gasteiger partial charge in [0, 0.05) is 25.2 Å². The summed E-state index contributed by atoms with van der Waals surface area (Å²) < 4.78 is 5.26. The van der Waals surface area contributed by atoms with Crippen molar-refractivity contribution in [2.75, 3.05) is 13.7 Å². The van der Waals surface area contributed by atoms with Gasteiger partial charge in [-0.25, -0.2) is 0 Å². The maximum absolute atomic E-state index is 5.40. The van der Waals surface area contributed by atoms with E-state index in [2.05, 4.69) is 5.32 Å². The van der Waals surface area contributed by atoms with E-state index in [4.69, 9.17) is 16.3 Å². The zero-order chi connectivity index (χ0) is 8.81. The highest BCUT2D eigenvalue weighted by Gasteiger charge is 2.23. The van der Waals surface area contributed by atoms with Gasteiger partial charge in [-0.15, -0.1) is 0 Å². The van der Waals surface area contributed by atoms with Crippen LogP contribution < -0.4 is 5.32 Å². The maximum Gasteiger partial charge on any atom is 0.0586 e. The number of hydrogen-bond acceptors (Lipinski definition) is 2. The molecule has 1 N–H and O–H groups in total. The van der Waals surface area contributed by atoms with Crippen molar-refractivity contribution in [2.45, 2.75) is 31.4 Å². The third-order valence-electron chi connectivity index (χ3n) is 2.33. The van der Waals surface area contributed by atoms with Crippen LogP contribution in [0.1, 0.15) is 19.3 Å². The molecule has 0 amide bonds. The predicted octanol–water partition coefficient (Wildman–Crippen LogP) is 1.90. The maximum atomic E-state index is 5.40. The fourth-order valence-electron chi connectivity index (χ4n) is 1.62. The van der Waals surface area contributed by atoms with E-state index in [0.717, 1.165) is 13.0 Å². The molecular formula is C9H16ClNO. The summed E-state index contributed by atoms with van der Waals surface area (Å²) in [5.74, 6) is 0. The Kier molecular flexibility index (Phi) is 4.66. The summed E-state index contributed by atoms with van der Waals surface area (Å²) in [6.07, 6.45) is 5.91. The molecule has 2 unspecified atom stereocenters. The van der Waals surface area contributed by atoms with Gasteiger partial charge in [0.25, 0.3) is 0 Å². The lowest BCUT2D eigenvalue weighted by atomic mass is 10.2. The van der Waals surface area contributed by atoms with Gasteiger partial charge in [0.15, 0.2) is 0 Å². The second-order valence-corrected chi connectivity index (χ2v) is 3.39. The molecule has 0 bridgehead atoms. The van der Waals surface area contributed by atoms with E-state index in [1.807, 2.05) is 6.08 Å². The molecule has 12 heavy (non-hydrogen) atoms. The second-order valence-electron chi connectivity index (χ2n) is 3.14. The standard InChI is InChI=1S/C9H16ClNO/c1-12-9-4-3-8(7-9)11-6-2-5-10/h2,5,8-9,11H,3-4,6-7H2,1H3/b5-2+. The Morgan fingerprint density at radius 2 is 2.42 bits per heavy atom. The van der Waals surface area contributed by atoms with Gasteiger partial charge in [-0.1, -0.05) is 17.7 Å². The number of nitrogens with one attached hydrogen (secondary N) is 1. The molecule has 3 heteroatoms. The van der Waals surface area contributed by atoms with Gasteiger partial charge in [0.2, 0.25) is 0 Å². The van der Waals surface area contributed by atoms with Crippen LogP contribution in [0.15, 0.2) is 11.6 Å². The third kappa shape index (κ3) is 3.13. The van der Waals surface area contributed by atoms with E-state index >= 15 is 0 Å². The van der Waals surface area contributed by atoms with Crippen molar-refractivity contribution in [1.82, 2.24) is 5.32 Å². The fourth-order valence-corrected chi connectivity index (χ4v) is 1.71. The van der Waals surface area contributed by atoms with E-state index < -0.39 is 0 Å². The average Bonchev–Trinajstić information content (AvgIpc) is 2.53. The zero-order valence-corrected chi connectivity index (χ0v) is 8.18. The van der Waals surface area contributed by atoms with Crippen LogP contribution in [0, 0.1) is 0 Å². The van der Waals surface area contributed by atoms with E-state index in [0.29, 0.717) is 12.1 Å². The Labute approximate surface area is 78.9 Å². The van der Waals surface area contributed by atoms with Crippen molar-refractivity contribution >= 4 is 11.6 Å². The van der Waals surface area contributed by atoms with Crippen LogP contribution in [0.4, 0.5) is 0 Å². The lowest BCUT2D eigenvalue weighted by molar-refractivity contribution is 0.107. The molecule has 1 rings (SSSR count). The van der Waals surface area contributed by atoms with E-state index in [1.165, 1.54) is 12.8 Å². The predicted molar refractivity (Wildman–Crippen MR) is 51.4 cm³/mol. The molecule has 0 aliphatic heterocycles. The third-order valence-corrected chi connectivity index (χ3v) is 2.51. The molecule has 0 heterocycles. The van der Waals surface area contributed by atoms with Crippen molar-refractivity contribution in [3.63, 3.8) is 0 Å². The Morgan fingerprint density at radius 3 is 3.00 bits per heavy atom. The summed E-state index contributed by atoms with van der Waals surface area (Å²) in [6, 6.07) is 0.614. The van der Waals surface area contributed by atoms with Crippen LogP contribution in [0.5, 0.6) is 0 Å². The van der Waals surface area contributed by atoms with Crippen LogP contribution in [0.2, 0.25) is 0 Å². The van der Waals surface area contributed by atoms with Crippen molar-refractivity contribution < 1.29 is 4.74 Å². The fraction of sp³-hybridized carbons (Fsp3) is 0.778. The highest BCUT2D eigenvalue weighted by atomic mass is 35.5. The van der Waals surface area contributed by atoms with Gasteiger partial charge < -0.3 is 10.1 Å². The van der Waals surface area contributed by atoms with Crippen molar-refractivity contribution in [2.24, 2.45) is 0 Å². The van der Waals surface area contributed by atoms with Crippen molar-refractivity contribution in [3.8, 4) is 0 Å². The summed E-state index contributed by atoms with van der Waals surface area (Å²) in [4.78, 5) is 0. The lowest BCUT2D eigenvalue weighted by Crippen LogP contribution is -2.27. The summed E-state index contributed by atoms with van der Waals surface area (Å²) in [5, 5.41) is 3.40. The van der Waals surface area contributed by atoms with Gasteiger partial charge >= 0.3 is 0 Å². The largest absolute Gasteiger partial charge is 0.381 e. The van der Waals surface area contributed by atoms with Gasteiger partial charge in [-0.05, 0) is 19.3 Å². The van der Waals surface area contributed by atoms with E-state index in [9.17, 15) is 0 Å². The van der Waals surface area contributed by atoms with Gasteiger partial charge in [-0.3, -0.25) is 0 Å². The molecule has 2 atom stereocenters. The van der Waals surface area contributed by atoms with Crippen LogP contribution in [0.3, 0.4) is 0 Å².